The highest BCUT2D eigenvalue weighted by Crippen LogP contribution is 2.32. The lowest BCUT2D eigenvalue weighted by molar-refractivity contribution is -0.386. The van der Waals surface area contributed by atoms with E-state index < -0.39 is 10.7 Å². The smallest absolute Gasteiger partial charge is 0.311 e. The minimum absolute atomic E-state index is 0.0844. The molecule has 1 aromatic carbocycles. The molecule has 0 spiro atoms. The average molecular weight is 310 g/mol. The number of likely N-dealkylation sites (N-methyl/N-ethyl adjacent to an activating group) is 1. The van der Waals surface area contributed by atoms with Gasteiger partial charge >= 0.3 is 5.69 Å². The lowest BCUT2D eigenvalue weighted by atomic mass is 9.91. The number of benzene rings is 1. The van der Waals surface area contributed by atoms with Crippen LogP contribution in [0.25, 0.3) is 0 Å². The summed E-state index contributed by atoms with van der Waals surface area (Å²) in [5.74, 6) is -0.763. The van der Waals surface area contributed by atoms with Crippen LogP contribution in [0, 0.1) is 15.9 Å². The summed E-state index contributed by atoms with van der Waals surface area (Å²) in [4.78, 5) is 23.6. The number of ether oxygens (including phenoxy) is 1. The normalized spacial score (nSPS) is 21.2. The SMILES string of the molecule is CC(=O)N(C)[C@@H]1CCCC[C@H]1Oc1cc(F)ccc1[N+](=O)[O-]. The van der Waals surface area contributed by atoms with Gasteiger partial charge in [-0.2, -0.15) is 0 Å². The lowest BCUT2D eigenvalue weighted by Gasteiger charge is -2.37. The number of nitro groups is 1. The van der Waals surface area contributed by atoms with Crippen LogP contribution in [0.2, 0.25) is 0 Å². The highest BCUT2D eigenvalue weighted by Gasteiger charge is 2.32. The van der Waals surface area contributed by atoms with Gasteiger partial charge < -0.3 is 9.64 Å². The summed E-state index contributed by atoms with van der Waals surface area (Å²) in [6, 6.07) is 2.99. The molecule has 0 radical (unpaired) electrons. The molecule has 7 heteroatoms. The third-order valence-electron chi connectivity index (χ3n) is 4.06. The number of carbonyl (C=O) groups is 1. The van der Waals surface area contributed by atoms with E-state index in [4.69, 9.17) is 4.74 Å². The van der Waals surface area contributed by atoms with Crippen molar-refractivity contribution in [1.29, 1.82) is 0 Å². The molecule has 0 aromatic heterocycles. The summed E-state index contributed by atoms with van der Waals surface area (Å²) in [5, 5.41) is 11.0. The van der Waals surface area contributed by atoms with Crippen molar-refractivity contribution in [1.82, 2.24) is 4.90 Å². The van der Waals surface area contributed by atoms with Crippen LogP contribution in [0.3, 0.4) is 0 Å². The summed E-state index contributed by atoms with van der Waals surface area (Å²) >= 11 is 0. The molecule has 0 unspecified atom stereocenters. The van der Waals surface area contributed by atoms with E-state index in [1.165, 1.54) is 6.92 Å². The van der Waals surface area contributed by atoms with Crippen LogP contribution in [0.15, 0.2) is 18.2 Å². The van der Waals surface area contributed by atoms with Crippen LogP contribution in [0.5, 0.6) is 5.75 Å². The van der Waals surface area contributed by atoms with Crippen LogP contribution < -0.4 is 4.74 Å². The first kappa shape index (κ1) is 16.2. The molecule has 22 heavy (non-hydrogen) atoms. The first-order valence-electron chi connectivity index (χ1n) is 7.24. The summed E-state index contributed by atoms with van der Waals surface area (Å²) in [6.07, 6.45) is 2.95. The fraction of sp³-hybridized carbons (Fsp3) is 0.533. The second-order valence-electron chi connectivity index (χ2n) is 5.51. The number of hydrogen-bond donors (Lipinski definition) is 0. The first-order chi connectivity index (χ1) is 10.4. The zero-order chi connectivity index (χ0) is 16.3. The molecule has 1 saturated carbocycles. The Labute approximate surface area is 128 Å². The van der Waals surface area contributed by atoms with Gasteiger partial charge in [-0.15, -0.1) is 0 Å². The predicted molar refractivity (Wildman–Crippen MR) is 78.2 cm³/mol. The van der Waals surface area contributed by atoms with Crippen molar-refractivity contribution in [3.05, 3.63) is 34.1 Å². The van der Waals surface area contributed by atoms with Gasteiger partial charge in [0.25, 0.3) is 0 Å². The van der Waals surface area contributed by atoms with E-state index in [-0.39, 0.29) is 29.5 Å². The highest BCUT2D eigenvalue weighted by atomic mass is 19.1. The van der Waals surface area contributed by atoms with Gasteiger partial charge in [0.1, 0.15) is 11.9 Å². The number of hydrogen-bond acceptors (Lipinski definition) is 4. The van der Waals surface area contributed by atoms with Crippen LogP contribution in [-0.4, -0.2) is 34.9 Å². The molecule has 2 rings (SSSR count). The third kappa shape index (κ3) is 3.52. The third-order valence-corrected chi connectivity index (χ3v) is 4.06. The molecule has 1 aromatic rings. The van der Waals surface area contributed by atoms with Gasteiger partial charge in [-0.05, 0) is 25.3 Å². The van der Waals surface area contributed by atoms with Crippen LogP contribution in [0.4, 0.5) is 10.1 Å². The second kappa shape index (κ2) is 6.72. The number of amides is 1. The minimum Gasteiger partial charge on any atom is -0.481 e. The van der Waals surface area contributed by atoms with E-state index in [0.29, 0.717) is 6.42 Å². The second-order valence-corrected chi connectivity index (χ2v) is 5.51. The number of carbonyl (C=O) groups excluding carboxylic acids is 1. The Balaban J connectivity index is 2.25. The first-order valence-corrected chi connectivity index (χ1v) is 7.24. The summed E-state index contributed by atoms with van der Waals surface area (Å²) < 4.78 is 19.1. The zero-order valence-electron chi connectivity index (χ0n) is 12.6. The molecule has 1 aliphatic carbocycles. The maximum atomic E-state index is 13.4. The number of nitro benzene ring substituents is 1. The number of nitrogens with zero attached hydrogens (tertiary/aromatic N) is 2. The van der Waals surface area contributed by atoms with E-state index in [2.05, 4.69) is 0 Å². The Morgan fingerprint density at radius 1 is 1.41 bits per heavy atom. The van der Waals surface area contributed by atoms with Crippen LogP contribution >= 0.6 is 0 Å². The molecule has 2 atom stereocenters. The zero-order valence-corrected chi connectivity index (χ0v) is 12.6. The average Bonchev–Trinajstić information content (AvgIpc) is 2.46. The summed E-state index contributed by atoms with van der Waals surface area (Å²) in [7, 11) is 1.69. The Morgan fingerprint density at radius 2 is 2.09 bits per heavy atom. The maximum absolute atomic E-state index is 13.4. The molecule has 1 aliphatic rings. The quantitative estimate of drug-likeness (QED) is 0.633. The van der Waals surface area contributed by atoms with Crippen molar-refractivity contribution in [3.63, 3.8) is 0 Å². The number of rotatable bonds is 4. The highest BCUT2D eigenvalue weighted by molar-refractivity contribution is 5.73. The van der Waals surface area contributed by atoms with Gasteiger partial charge in [0, 0.05) is 26.1 Å². The minimum atomic E-state index is -0.596. The molecular formula is C15H19FN2O4. The van der Waals surface area contributed by atoms with Crippen LogP contribution in [-0.2, 0) is 4.79 Å². The fourth-order valence-corrected chi connectivity index (χ4v) is 2.79. The van der Waals surface area contributed by atoms with E-state index >= 15 is 0 Å². The molecule has 0 bridgehead atoms. The molecule has 1 fully saturated rings. The molecule has 120 valence electrons. The van der Waals surface area contributed by atoms with E-state index in [1.54, 1.807) is 11.9 Å². The Hall–Kier alpha value is -2.18. The van der Waals surface area contributed by atoms with Gasteiger partial charge in [-0.1, -0.05) is 6.42 Å². The Morgan fingerprint density at radius 3 is 2.73 bits per heavy atom. The van der Waals surface area contributed by atoms with E-state index in [0.717, 1.165) is 37.5 Å². The molecule has 0 aliphatic heterocycles. The van der Waals surface area contributed by atoms with Gasteiger partial charge in [-0.3, -0.25) is 14.9 Å². The predicted octanol–water partition coefficient (Wildman–Crippen LogP) is 2.90. The molecule has 0 heterocycles. The van der Waals surface area contributed by atoms with Gasteiger partial charge in [0.15, 0.2) is 5.75 Å². The van der Waals surface area contributed by atoms with Crippen molar-refractivity contribution < 1.29 is 18.8 Å². The molecule has 0 saturated heterocycles. The Kier molecular flexibility index (Phi) is 4.95. The Bertz CT molecular complexity index is 579. The number of halogens is 1. The molecular weight excluding hydrogens is 291 g/mol. The van der Waals surface area contributed by atoms with Gasteiger partial charge in [0.2, 0.25) is 5.91 Å². The fourth-order valence-electron chi connectivity index (χ4n) is 2.79. The van der Waals surface area contributed by atoms with Crippen LogP contribution in [0.1, 0.15) is 32.6 Å². The standard InChI is InChI=1S/C15H19FN2O4/c1-10(19)17(2)12-5-3-4-6-14(12)22-15-9-11(16)7-8-13(15)18(20)21/h7-9,12,14H,3-6H2,1-2H3/t12-,14-/m1/s1. The van der Waals surface area contributed by atoms with Crippen molar-refractivity contribution >= 4 is 11.6 Å². The van der Waals surface area contributed by atoms with Crippen molar-refractivity contribution in [3.8, 4) is 5.75 Å². The lowest BCUT2D eigenvalue weighted by Crippen LogP contribution is -2.48. The topological polar surface area (TPSA) is 72.7 Å². The summed E-state index contributed by atoms with van der Waals surface area (Å²) in [5.41, 5.74) is -0.267. The van der Waals surface area contributed by atoms with E-state index in [9.17, 15) is 19.3 Å². The molecule has 1 amide bonds. The van der Waals surface area contributed by atoms with Crippen molar-refractivity contribution in [2.45, 2.75) is 44.8 Å². The monoisotopic (exact) mass is 310 g/mol. The van der Waals surface area contributed by atoms with Crippen molar-refractivity contribution in [2.75, 3.05) is 7.05 Å². The molecule has 6 nitrogen and oxygen atoms in total. The van der Waals surface area contributed by atoms with Gasteiger partial charge in [-0.25, -0.2) is 4.39 Å². The summed E-state index contributed by atoms with van der Waals surface area (Å²) in [6.45, 7) is 1.47. The van der Waals surface area contributed by atoms with Crippen molar-refractivity contribution in [2.24, 2.45) is 0 Å². The van der Waals surface area contributed by atoms with E-state index in [1.807, 2.05) is 0 Å². The largest absolute Gasteiger partial charge is 0.481 e. The molecule has 0 N–H and O–H groups in total. The van der Waals surface area contributed by atoms with Gasteiger partial charge in [0.05, 0.1) is 11.0 Å². The maximum Gasteiger partial charge on any atom is 0.311 e.